The molecular formula is C17H20Cl3N5O2. The Hall–Kier alpha value is -1.93. The molecule has 0 aliphatic carbocycles. The zero-order valence-electron chi connectivity index (χ0n) is 14.7. The number of amides is 2. The summed E-state index contributed by atoms with van der Waals surface area (Å²) in [5.41, 5.74) is 6.58. The highest BCUT2D eigenvalue weighted by molar-refractivity contribution is 6.40. The average molecular weight is 433 g/mol. The molecule has 0 unspecified atom stereocenters. The molecule has 2 aromatic rings. The maximum atomic E-state index is 12.2. The monoisotopic (exact) mass is 431 g/mol. The molecular weight excluding hydrogens is 413 g/mol. The number of carbonyl (C=O) groups excluding carboxylic acids is 2. The van der Waals surface area contributed by atoms with Crippen LogP contribution in [-0.2, 0) is 4.79 Å². The third-order valence-electron chi connectivity index (χ3n) is 3.41. The summed E-state index contributed by atoms with van der Waals surface area (Å²) in [5.74, 6) is -0.540. The van der Waals surface area contributed by atoms with Gasteiger partial charge in [-0.05, 0) is 24.5 Å². The molecule has 0 aliphatic heterocycles. The van der Waals surface area contributed by atoms with Crippen molar-refractivity contribution in [2.75, 3.05) is 10.6 Å². The van der Waals surface area contributed by atoms with Gasteiger partial charge in [-0.2, -0.15) is 0 Å². The van der Waals surface area contributed by atoms with Crippen LogP contribution in [0.3, 0.4) is 0 Å². The van der Waals surface area contributed by atoms with E-state index in [1.54, 1.807) is 0 Å². The molecule has 1 heterocycles. The summed E-state index contributed by atoms with van der Waals surface area (Å²) in [4.78, 5) is 32.0. The summed E-state index contributed by atoms with van der Waals surface area (Å²) in [6.45, 7) is 3.96. The van der Waals surface area contributed by atoms with Gasteiger partial charge in [0, 0.05) is 18.1 Å². The number of hydrogen-bond acceptors (Lipinski definition) is 5. The number of nitrogens with one attached hydrogen (secondary N) is 2. The van der Waals surface area contributed by atoms with Gasteiger partial charge in [0.25, 0.3) is 5.91 Å². The van der Waals surface area contributed by atoms with Gasteiger partial charge in [-0.25, -0.2) is 4.98 Å². The van der Waals surface area contributed by atoms with Crippen LogP contribution in [0.4, 0.5) is 11.4 Å². The van der Waals surface area contributed by atoms with Crippen LogP contribution in [-0.4, -0.2) is 27.8 Å². The molecule has 146 valence electrons. The van der Waals surface area contributed by atoms with Crippen molar-refractivity contribution in [3.05, 3.63) is 46.5 Å². The lowest BCUT2D eigenvalue weighted by molar-refractivity contribution is -0.117. The van der Waals surface area contributed by atoms with Gasteiger partial charge in [0.05, 0.1) is 28.0 Å². The molecule has 0 spiro atoms. The highest BCUT2D eigenvalue weighted by atomic mass is 35.5. The number of benzene rings is 1. The molecule has 0 saturated heterocycles. The maximum Gasteiger partial charge on any atom is 0.275 e. The van der Waals surface area contributed by atoms with Gasteiger partial charge in [-0.1, -0.05) is 37.0 Å². The van der Waals surface area contributed by atoms with Gasteiger partial charge in [-0.3, -0.25) is 14.6 Å². The number of rotatable bonds is 6. The molecule has 2 rings (SSSR count). The topological polar surface area (TPSA) is 110 Å². The molecule has 10 heteroatoms. The second kappa shape index (κ2) is 10.4. The first-order valence-electron chi connectivity index (χ1n) is 7.90. The normalized spacial score (nSPS) is 11.5. The van der Waals surface area contributed by atoms with Crippen LogP contribution >= 0.6 is 35.6 Å². The van der Waals surface area contributed by atoms with Crippen LogP contribution in [0.2, 0.25) is 10.0 Å². The third-order valence-corrected chi connectivity index (χ3v) is 4.00. The maximum absolute atomic E-state index is 12.2. The molecule has 2 amide bonds. The minimum atomic E-state index is -0.636. The number of halogens is 3. The Morgan fingerprint density at radius 2 is 1.78 bits per heavy atom. The number of nitrogens with zero attached hydrogens (tertiary/aromatic N) is 2. The van der Waals surface area contributed by atoms with Gasteiger partial charge in [0.15, 0.2) is 0 Å². The van der Waals surface area contributed by atoms with Crippen molar-refractivity contribution in [1.82, 2.24) is 9.97 Å². The number of anilines is 2. The summed E-state index contributed by atoms with van der Waals surface area (Å²) < 4.78 is 0. The smallest absolute Gasteiger partial charge is 0.275 e. The van der Waals surface area contributed by atoms with E-state index in [0.717, 1.165) is 0 Å². The lowest BCUT2D eigenvalue weighted by Crippen LogP contribution is -2.36. The van der Waals surface area contributed by atoms with E-state index in [1.165, 1.54) is 30.7 Å². The second-order valence-electron chi connectivity index (χ2n) is 6.08. The zero-order chi connectivity index (χ0) is 19.3. The fourth-order valence-corrected chi connectivity index (χ4v) is 2.79. The largest absolute Gasteiger partial charge is 0.325 e. The van der Waals surface area contributed by atoms with Gasteiger partial charge in [0.2, 0.25) is 5.91 Å². The standard InChI is InChI=1S/C17H19Cl2N5O2.ClH/c1-9(2)5-13(20)16(25)23-10-6-11(18)15(12(19)7-10)24-17(26)14-8-21-3-4-22-14;/h3-4,6-9,13H,5,20H2,1-2H3,(H,23,25)(H,24,26);1H/t13-;/m0./s1. The van der Waals surface area contributed by atoms with Gasteiger partial charge in [0.1, 0.15) is 5.69 Å². The summed E-state index contributed by atoms with van der Waals surface area (Å²) in [5, 5.41) is 5.59. The SMILES string of the molecule is CC(C)C[C@H](N)C(=O)Nc1cc(Cl)c(NC(=O)c2cnccn2)c(Cl)c1.Cl. The Morgan fingerprint density at radius 3 is 2.30 bits per heavy atom. The van der Waals surface area contributed by atoms with Gasteiger partial charge >= 0.3 is 0 Å². The Morgan fingerprint density at radius 1 is 1.15 bits per heavy atom. The van der Waals surface area contributed by atoms with E-state index >= 15 is 0 Å². The zero-order valence-corrected chi connectivity index (χ0v) is 17.0. The van der Waals surface area contributed by atoms with Crippen molar-refractivity contribution >= 4 is 58.8 Å². The molecule has 1 aromatic carbocycles. The van der Waals surface area contributed by atoms with Crippen molar-refractivity contribution in [3.8, 4) is 0 Å². The van der Waals surface area contributed by atoms with Crippen molar-refractivity contribution in [2.24, 2.45) is 11.7 Å². The minimum Gasteiger partial charge on any atom is -0.325 e. The van der Waals surface area contributed by atoms with Crippen molar-refractivity contribution in [3.63, 3.8) is 0 Å². The Labute approximate surface area is 173 Å². The highest BCUT2D eigenvalue weighted by Crippen LogP contribution is 2.34. The van der Waals surface area contributed by atoms with Crippen LogP contribution in [0.1, 0.15) is 30.8 Å². The Bertz CT molecular complexity index is 779. The fourth-order valence-electron chi connectivity index (χ4n) is 2.21. The van der Waals surface area contributed by atoms with Gasteiger partial charge in [-0.15, -0.1) is 12.4 Å². The lowest BCUT2D eigenvalue weighted by atomic mass is 10.0. The minimum absolute atomic E-state index is 0. The molecule has 0 fully saturated rings. The summed E-state index contributed by atoms with van der Waals surface area (Å²) in [6, 6.07) is 2.34. The first kappa shape index (κ1) is 23.1. The van der Waals surface area contributed by atoms with E-state index in [1.807, 2.05) is 13.8 Å². The second-order valence-corrected chi connectivity index (χ2v) is 6.90. The molecule has 1 aromatic heterocycles. The van der Waals surface area contributed by atoms with E-state index in [-0.39, 0.29) is 39.7 Å². The molecule has 1 atom stereocenters. The quantitative estimate of drug-likeness (QED) is 0.643. The Balaban J connectivity index is 0.00000364. The molecule has 0 aliphatic rings. The van der Waals surface area contributed by atoms with E-state index in [2.05, 4.69) is 20.6 Å². The van der Waals surface area contributed by atoms with E-state index in [4.69, 9.17) is 28.9 Å². The first-order chi connectivity index (χ1) is 12.3. The molecule has 0 bridgehead atoms. The van der Waals surface area contributed by atoms with E-state index < -0.39 is 11.9 Å². The summed E-state index contributed by atoms with van der Waals surface area (Å²) >= 11 is 12.4. The molecule has 0 radical (unpaired) electrons. The van der Waals surface area contributed by atoms with Gasteiger partial charge < -0.3 is 16.4 Å². The Kier molecular flexibility index (Phi) is 8.92. The predicted molar refractivity (Wildman–Crippen MR) is 110 cm³/mol. The number of carbonyl (C=O) groups is 2. The number of aromatic nitrogens is 2. The van der Waals surface area contributed by atoms with E-state index in [9.17, 15) is 9.59 Å². The predicted octanol–water partition coefficient (Wildman–Crippen LogP) is 3.77. The van der Waals surface area contributed by atoms with Crippen LogP contribution in [0.25, 0.3) is 0 Å². The van der Waals surface area contributed by atoms with Crippen molar-refractivity contribution < 1.29 is 9.59 Å². The van der Waals surface area contributed by atoms with Crippen LogP contribution in [0, 0.1) is 5.92 Å². The molecule has 0 saturated carbocycles. The van der Waals surface area contributed by atoms with Crippen LogP contribution in [0.5, 0.6) is 0 Å². The highest BCUT2D eigenvalue weighted by Gasteiger charge is 2.18. The summed E-state index contributed by atoms with van der Waals surface area (Å²) in [6.07, 6.45) is 4.73. The molecule has 27 heavy (non-hydrogen) atoms. The molecule has 4 N–H and O–H groups in total. The number of nitrogens with two attached hydrogens (primary N) is 1. The average Bonchev–Trinajstić information content (AvgIpc) is 2.58. The number of hydrogen-bond donors (Lipinski definition) is 3. The van der Waals surface area contributed by atoms with Crippen molar-refractivity contribution in [2.45, 2.75) is 26.3 Å². The first-order valence-corrected chi connectivity index (χ1v) is 8.66. The lowest BCUT2D eigenvalue weighted by Gasteiger charge is -2.16. The fraction of sp³-hybridized carbons (Fsp3) is 0.294. The van der Waals surface area contributed by atoms with Crippen molar-refractivity contribution in [1.29, 1.82) is 0 Å². The third kappa shape index (κ3) is 6.62. The van der Waals surface area contributed by atoms with Crippen LogP contribution < -0.4 is 16.4 Å². The summed E-state index contributed by atoms with van der Waals surface area (Å²) in [7, 11) is 0. The van der Waals surface area contributed by atoms with E-state index in [0.29, 0.717) is 18.0 Å². The van der Waals surface area contributed by atoms with Crippen LogP contribution in [0.15, 0.2) is 30.7 Å². The molecule has 7 nitrogen and oxygen atoms in total.